The highest BCUT2D eigenvalue weighted by Gasteiger charge is 2.31. The van der Waals surface area contributed by atoms with Gasteiger partial charge in [0.1, 0.15) is 5.82 Å². The molecule has 0 atom stereocenters. The van der Waals surface area contributed by atoms with Gasteiger partial charge in [-0.25, -0.2) is 18.7 Å². The van der Waals surface area contributed by atoms with Gasteiger partial charge in [0, 0.05) is 41.1 Å². The van der Waals surface area contributed by atoms with Crippen LogP contribution in [0.25, 0.3) is 5.65 Å². The molecule has 0 saturated heterocycles. The number of nitrogens with zero attached hydrogens (tertiary/aromatic N) is 5. The number of pyridine rings is 1. The predicted molar refractivity (Wildman–Crippen MR) is 153 cm³/mol. The molecule has 0 aliphatic heterocycles. The Morgan fingerprint density at radius 2 is 1.68 bits per heavy atom. The number of aromatic nitrogens is 4. The summed E-state index contributed by atoms with van der Waals surface area (Å²) in [4.78, 5) is 34.7. The molecule has 0 bridgehead atoms. The van der Waals surface area contributed by atoms with Gasteiger partial charge in [-0.1, -0.05) is 11.6 Å². The summed E-state index contributed by atoms with van der Waals surface area (Å²) in [6, 6.07) is 10.3. The van der Waals surface area contributed by atoms with Crippen LogP contribution in [-0.2, 0) is 0 Å². The minimum Gasteiger partial charge on any atom is -0.465 e. The Morgan fingerprint density at radius 1 is 0.976 bits per heavy atom. The molecule has 0 spiro atoms. The van der Waals surface area contributed by atoms with Crippen LogP contribution < -0.4 is 20.9 Å². The normalized spacial score (nSPS) is 18.6. The molecule has 2 aliphatic carbocycles. The number of fused-ring (bicyclic) bond motifs is 1. The number of benzene rings is 1. The van der Waals surface area contributed by atoms with Crippen molar-refractivity contribution in [2.45, 2.75) is 56.7 Å². The van der Waals surface area contributed by atoms with Gasteiger partial charge in [0.2, 0.25) is 0 Å². The van der Waals surface area contributed by atoms with Gasteiger partial charge in [-0.05, 0) is 68.9 Å². The van der Waals surface area contributed by atoms with E-state index in [1.807, 2.05) is 6.07 Å². The highest BCUT2D eigenvalue weighted by atomic mass is 35.5. The summed E-state index contributed by atoms with van der Waals surface area (Å²) < 4.78 is 15.6. The Balaban J connectivity index is 1.20. The van der Waals surface area contributed by atoms with Crippen LogP contribution in [0.2, 0.25) is 5.02 Å². The summed E-state index contributed by atoms with van der Waals surface area (Å²) in [5.74, 6) is -0.644. The SMILES string of the molecule is O=C(Nc1ccncc1F)c1cnc2c(NC3CC3)cc(N[C@H]3CC[C@H](N(C(=O)O)c4ccc(Cl)cc4)CC3)nn12. The smallest absolute Gasteiger partial charge is 0.412 e. The molecule has 0 unspecified atom stereocenters. The van der Waals surface area contributed by atoms with Crippen LogP contribution >= 0.6 is 11.6 Å². The van der Waals surface area contributed by atoms with Crippen LogP contribution in [0.5, 0.6) is 0 Å². The van der Waals surface area contributed by atoms with Crippen molar-refractivity contribution in [3.63, 3.8) is 0 Å². The second kappa shape index (κ2) is 11.2. The standard InChI is InChI=1S/C28H28ClFN8O3/c29-16-1-7-19(8-2-16)37(28(40)41)20-9-5-18(6-10-20)34-25-13-23(33-17-3-4-17)26-32-15-24(38(26)36-25)27(39)35-22-11-12-31-14-21(22)30/h1-2,7-8,11-15,17-18,20,33H,3-6,9-10H2,(H,34,36)(H,40,41)(H,31,35,39)/t18-,20-. The lowest BCUT2D eigenvalue weighted by atomic mass is 9.90. The molecule has 3 heterocycles. The first-order valence-corrected chi connectivity index (χ1v) is 13.8. The average molecular weight is 579 g/mol. The van der Waals surface area contributed by atoms with Crippen molar-refractivity contribution >= 4 is 52.1 Å². The molecule has 4 N–H and O–H groups in total. The monoisotopic (exact) mass is 578 g/mol. The van der Waals surface area contributed by atoms with Crippen molar-refractivity contribution in [2.24, 2.45) is 0 Å². The fraction of sp³-hybridized carbons (Fsp3) is 0.321. The molecule has 212 valence electrons. The predicted octanol–water partition coefficient (Wildman–Crippen LogP) is 5.65. The number of anilines is 4. The van der Waals surface area contributed by atoms with Gasteiger partial charge in [0.05, 0.1) is 23.8 Å². The summed E-state index contributed by atoms with van der Waals surface area (Å²) in [5.41, 5.74) is 2.00. The van der Waals surface area contributed by atoms with E-state index in [4.69, 9.17) is 11.6 Å². The molecule has 3 aromatic heterocycles. The lowest BCUT2D eigenvalue weighted by molar-refractivity contribution is 0.102. The fourth-order valence-electron chi connectivity index (χ4n) is 5.18. The average Bonchev–Trinajstić information content (AvgIpc) is 3.67. The van der Waals surface area contributed by atoms with E-state index >= 15 is 0 Å². The first-order chi connectivity index (χ1) is 19.9. The summed E-state index contributed by atoms with van der Waals surface area (Å²) >= 11 is 5.99. The number of amides is 2. The van der Waals surface area contributed by atoms with Crippen molar-refractivity contribution in [1.82, 2.24) is 19.6 Å². The number of nitrogens with one attached hydrogen (secondary N) is 3. The molecular formula is C28H28ClFN8O3. The highest BCUT2D eigenvalue weighted by molar-refractivity contribution is 6.30. The van der Waals surface area contributed by atoms with Gasteiger partial charge in [-0.15, -0.1) is 5.10 Å². The molecule has 41 heavy (non-hydrogen) atoms. The van der Waals surface area contributed by atoms with E-state index in [1.54, 1.807) is 24.3 Å². The van der Waals surface area contributed by atoms with Gasteiger partial charge < -0.3 is 21.1 Å². The largest absolute Gasteiger partial charge is 0.465 e. The zero-order valence-electron chi connectivity index (χ0n) is 21.9. The topological polar surface area (TPSA) is 137 Å². The summed E-state index contributed by atoms with van der Waals surface area (Å²) in [5, 5.41) is 24.6. The minimum atomic E-state index is -0.996. The van der Waals surface area contributed by atoms with Crippen molar-refractivity contribution in [3.8, 4) is 0 Å². The van der Waals surface area contributed by atoms with Crippen LogP contribution in [-0.4, -0.2) is 54.8 Å². The van der Waals surface area contributed by atoms with E-state index in [0.717, 1.165) is 37.6 Å². The van der Waals surface area contributed by atoms with E-state index in [1.165, 1.54) is 27.9 Å². The number of hydrogen-bond donors (Lipinski definition) is 4. The van der Waals surface area contributed by atoms with Crippen LogP contribution in [0.3, 0.4) is 0 Å². The van der Waals surface area contributed by atoms with E-state index in [2.05, 4.69) is 31.0 Å². The summed E-state index contributed by atoms with van der Waals surface area (Å²) in [7, 11) is 0. The second-order valence-corrected chi connectivity index (χ2v) is 10.8. The number of hydrogen-bond acceptors (Lipinski definition) is 7. The zero-order chi connectivity index (χ0) is 28.5. The zero-order valence-corrected chi connectivity index (χ0v) is 22.7. The van der Waals surface area contributed by atoms with Crippen LogP contribution in [0, 0.1) is 5.82 Å². The summed E-state index contributed by atoms with van der Waals surface area (Å²) in [6.45, 7) is 0. The Kier molecular flexibility index (Phi) is 7.31. The quantitative estimate of drug-likeness (QED) is 0.210. The Morgan fingerprint density at radius 3 is 2.37 bits per heavy atom. The maximum Gasteiger partial charge on any atom is 0.412 e. The van der Waals surface area contributed by atoms with Crippen LogP contribution in [0.4, 0.5) is 32.1 Å². The maximum absolute atomic E-state index is 14.1. The molecule has 1 aromatic carbocycles. The van der Waals surface area contributed by atoms with Gasteiger partial charge >= 0.3 is 6.09 Å². The summed E-state index contributed by atoms with van der Waals surface area (Å²) in [6.07, 6.45) is 7.72. The molecule has 2 amide bonds. The molecule has 6 rings (SSSR count). The molecular weight excluding hydrogens is 551 g/mol. The first kappa shape index (κ1) is 26.8. The minimum absolute atomic E-state index is 0.0105. The van der Waals surface area contributed by atoms with E-state index in [-0.39, 0.29) is 23.5 Å². The molecule has 2 fully saturated rings. The highest BCUT2D eigenvalue weighted by Crippen LogP contribution is 2.32. The first-order valence-electron chi connectivity index (χ1n) is 13.5. The van der Waals surface area contributed by atoms with Crippen molar-refractivity contribution in [1.29, 1.82) is 0 Å². The van der Waals surface area contributed by atoms with Crippen LogP contribution in [0.15, 0.2) is 55.0 Å². The Labute approximate surface area is 239 Å². The van der Waals surface area contributed by atoms with E-state index in [9.17, 15) is 19.1 Å². The number of carboxylic acid groups (broad SMARTS) is 1. The fourth-order valence-corrected chi connectivity index (χ4v) is 5.30. The van der Waals surface area contributed by atoms with Gasteiger partial charge in [0.15, 0.2) is 17.2 Å². The van der Waals surface area contributed by atoms with Crippen molar-refractivity contribution < 1.29 is 19.1 Å². The van der Waals surface area contributed by atoms with Gasteiger partial charge in [-0.3, -0.25) is 14.7 Å². The van der Waals surface area contributed by atoms with E-state index in [0.29, 0.717) is 41.1 Å². The van der Waals surface area contributed by atoms with Crippen molar-refractivity contribution in [2.75, 3.05) is 20.9 Å². The second-order valence-electron chi connectivity index (χ2n) is 10.3. The molecule has 2 saturated carbocycles. The molecule has 13 heteroatoms. The number of imidazole rings is 1. The lowest BCUT2D eigenvalue weighted by Gasteiger charge is -2.35. The van der Waals surface area contributed by atoms with Crippen LogP contribution in [0.1, 0.15) is 49.0 Å². The van der Waals surface area contributed by atoms with E-state index < -0.39 is 17.8 Å². The Bertz CT molecular complexity index is 1590. The molecule has 4 aromatic rings. The Hall–Kier alpha value is -4.45. The third-order valence-corrected chi connectivity index (χ3v) is 7.63. The van der Waals surface area contributed by atoms with Crippen molar-refractivity contribution in [3.05, 3.63) is 71.5 Å². The molecule has 0 radical (unpaired) electrons. The molecule has 2 aliphatic rings. The van der Waals surface area contributed by atoms with Gasteiger partial charge in [-0.2, -0.15) is 0 Å². The number of carbonyl (C=O) groups is 2. The third-order valence-electron chi connectivity index (χ3n) is 7.38. The van der Waals surface area contributed by atoms with Gasteiger partial charge in [0.25, 0.3) is 5.91 Å². The number of carbonyl (C=O) groups excluding carboxylic acids is 1. The third kappa shape index (κ3) is 5.87. The molecule has 11 nitrogen and oxygen atoms in total. The number of rotatable bonds is 8. The maximum atomic E-state index is 14.1. The lowest BCUT2D eigenvalue weighted by Crippen LogP contribution is -2.43. The number of halogens is 2.